The van der Waals surface area contributed by atoms with Gasteiger partial charge in [-0.1, -0.05) is 28.1 Å². The lowest BCUT2D eigenvalue weighted by Crippen LogP contribution is -2.15. The van der Waals surface area contributed by atoms with E-state index in [0.29, 0.717) is 6.04 Å². The predicted octanol–water partition coefficient (Wildman–Crippen LogP) is 2.73. The van der Waals surface area contributed by atoms with Crippen molar-refractivity contribution < 1.29 is 0 Å². The predicted molar refractivity (Wildman–Crippen MR) is 56.1 cm³/mol. The number of aryl methyl sites for hydroxylation is 1. The third kappa shape index (κ3) is 3.37. The van der Waals surface area contributed by atoms with Crippen LogP contribution >= 0.6 is 15.9 Å². The van der Waals surface area contributed by atoms with Crippen LogP contribution in [0.5, 0.6) is 0 Å². The minimum absolute atomic E-state index is 0.300. The Balaban J connectivity index is 2.48. The monoisotopic (exact) mass is 227 g/mol. The van der Waals surface area contributed by atoms with Gasteiger partial charge in [-0.3, -0.25) is 0 Å². The Morgan fingerprint density at radius 3 is 2.42 bits per heavy atom. The molecule has 0 aliphatic heterocycles. The standard InChI is InChI=1S/C10H14BrN/c1-8(12)2-3-9-4-6-10(11)7-5-9/h4-8H,2-3,12H2,1H3/t8-/m0/s1. The van der Waals surface area contributed by atoms with Gasteiger partial charge < -0.3 is 5.73 Å². The molecule has 0 amide bonds. The smallest absolute Gasteiger partial charge is 0.0175 e. The second-order valence-electron chi connectivity index (χ2n) is 3.14. The lowest BCUT2D eigenvalue weighted by atomic mass is 10.1. The van der Waals surface area contributed by atoms with Crippen molar-refractivity contribution in [2.75, 3.05) is 0 Å². The molecule has 2 N–H and O–H groups in total. The number of hydrogen-bond donors (Lipinski definition) is 1. The maximum atomic E-state index is 5.66. The van der Waals surface area contributed by atoms with E-state index in [1.165, 1.54) is 5.56 Å². The van der Waals surface area contributed by atoms with E-state index in [9.17, 15) is 0 Å². The second kappa shape index (κ2) is 4.63. The van der Waals surface area contributed by atoms with Crippen LogP contribution in [0.25, 0.3) is 0 Å². The van der Waals surface area contributed by atoms with Gasteiger partial charge >= 0.3 is 0 Å². The first-order valence-corrected chi connectivity index (χ1v) is 4.98. The molecule has 0 spiro atoms. The van der Waals surface area contributed by atoms with Crippen LogP contribution in [0.3, 0.4) is 0 Å². The molecule has 1 nitrogen and oxygen atoms in total. The molecule has 1 aromatic carbocycles. The Kier molecular flexibility index (Phi) is 3.76. The molecule has 0 saturated carbocycles. The van der Waals surface area contributed by atoms with Gasteiger partial charge in [-0.05, 0) is 37.5 Å². The zero-order chi connectivity index (χ0) is 8.97. The molecule has 66 valence electrons. The van der Waals surface area contributed by atoms with Crippen LogP contribution in [0.1, 0.15) is 18.9 Å². The van der Waals surface area contributed by atoms with Gasteiger partial charge in [0.15, 0.2) is 0 Å². The first-order valence-electron chi connectivity index (χ1n) is 4.18. The van der Waals surface area contributed by atoms with E-state index in [-0.39, 0.29) is 0 Å². The Bertz CT molecular complexity index is 228. The lowest BCUT2D eigenvalue weighted by molar-refractivity contribution is 0.666. The highest BCUT2D eigenvalue weighted by molar-refractivity contribution is 9.10. The molecule has 1 rings (SSSR count). The SMILES string of the molecule is C[C@H](N)CCc1ccc(Br)cc1. The summed E-state index contributed by atoms with van der Waals surface area (Å²) in [5, 5.41) is 0. The van der Waals surface area contributed by atoms with Crippen molar-refractivity contribution in [3.05, 3.63) is 34.3 Å². The van der Waals surface area contributed by atoms with Gasteiger partial charge in [0, 0.05) is 10.5 Å². The number of halogens is 1. The van der Waals surface area contributed by atoms with Gasteiger partial charge in [-0.2, -0.15) is 0 Å². The van der Waals surface area contributed by atoms with Gasteiger partial charge in [-0.15, -0.1) is 0 Å². The molecule has 1 aromatic rings. The molecule has 0 aromatic heterocycles. The van der Waals surface area contributed by atoms with E-state index >= 15 is 0 Å². The van der Waals surface area contributed by atoms with Crippen molar-refractivity contribution in [2.45, 2.75) is 25.8 Å². The molecule has 0 aliphatic carbocycles. The van der Waals surface area contributed by atoms with Crippen LogP contribution in [-0.4, -0.2) is 6.04 Å². The van der Waals surface area contributed by atoms with Gasteiger partial charge in [0.05, 0.1) is 0 Å². The van der Waals surface area contributed by atoms with Gasteiger partial charge in [0.2, 0.25) is 0 Å². The number of hydrogen-bond acceptors (Lipinski definition) is 1. The van der Waals surface area contributed by atoms with Gasteiger partial charge in [0.25, 0.3) is 0 Å². The number of rotatable bonds is 3. The fourth-order valence-corrected chi connectivity index (χ4v) is 1.31. The Morgan fingerprint density at radius 2 is 1.92 bits per heavy atom. The number of nitrogens with two attached hydrogens (primary N) is 1. The molecule has 0 fully saturated rings. The highest BCUT2D eigenvalue weighted by Crippen LogP contribution is 2.11. The normalized spacial score (nSPS) is 12.9. The maximum Gasteiger partial charge on any atom is 0.0175 e. The maximum absolute atomic E-state index is 5.66. The molecule has 2 heteroatoms. The summed E-state index contributed by atoms with van der Waals surface area (Å²) in [5.41, 5.74) is 7.02. The van der Waals surface area contributed by atoms with Crippen LogP contribution in [0.2, 0.25) is 0 Å². The van der Waals surface area contributed by atoms with E-state index in [2.05, 4.69) is 40.2 Å². The third-order valence-corrected chi connectivity index (χ3v) is 2.33. The summed E-state index contributed by atoms with van der Waals surface area (Å²) >= 11 is 3.40. The average Bonchev–Trinajstić information content (AvgIpc) is 2.03. The van der Waals surface area contributed by atoms with Crippen molar-refractivity contribution in [2.24, 2.45) is 5.73 Å². The van der Waals surface area contributed by atoms with Crippen molar-refractivity contribution in [1.82, 2.24) is 0 Å². The lowest BCUT2D eigenvalue weighted by Gasteiger charge is -2.04. The van der Waals surface area contributed by atoms with Crippen LogP contribution in [0.15, 0.2) is 28.7 Å². The van der Waals surface area contributed by atoms with Gasteiger partial charge in [-0.25, -0.2) is 0 Å². The van der Waals surface area contributed by atoms with Crippen LogP contribution in [0, 0.1) is 0 Å². The molecule has 0 bridgehead atoms. The van der Waals surface area contributed by atoms with Crippen LogP contribution in [0.4, 0.5) is 0 Å². The average molecular weight is 228 g/mol. The summed E-state index contributed by atoms with van der Waals surface area (Å²) in [6.45, 7) is 2.04. The summed E-state index contributed by atoms with van der Waals surface area (Å²) in [7, 11) is 0. The molecule has 0 aliphatic rings. The first-order chi connectivity index (χ1) is 5.68. The highest BCUT2D eigenvalue weighted by atomic mass is 79.9. The number of benzene rings is 1. The van der Waals surface area contributed by atoms with Crippen molar-refractivity contribution in [3.8, 4) is 0 Å². The highest BCUT2D eigenvalue weighted by Gasteiger charge is 1.96. The zero-order valence-corrected chi connectivity index (χ0v) is 8.84. The molecular weight excluding hydrogens is 214 g/mol. The second-order valence-corrected chi connectivity index (χ2v) is 4.06. The first kappa shape index (κ1) is 9.75. The molecular formula is C10H14BrN. The fourth-order valence-electron chi connectivity index (χ4n) is 1.05. The zero-order valence-electron chi connectivity index (χ0n) is 7.26. The van der Waals surface area contributed by atoms with E-state index in [1.54, 1.807) is 0 Å². The Labute approximate surface area is 82.1 Å². The summed E-state index contributed by atoms with van der Waals surface area (Å²) in [6.07, 6.45) is 2.13. The van der Waals surface area contributed by atoms with Gasteiger partial charge in [0.1, 0.15) is 0 Å². The Morgan fingerprint density at radius 1 is 1.33 bits per heavy atom. The molecule has 1 atom stereocenters. The van der Waals surface area contributed by atoms with E-state index in [1.807, 2.05) is 6.92 Å². The van der Waals surface area contributed by atoms with Crippen molar-refractivity contribution in [1.29, 1.82) is 0 Å². The summed E-state index contributed by atoms with van der Waals surface area (Å²) in [6, 6.07) is 8.69. The van der Waals surface area contributed by atoms with Crippen LogP contribution in [-0.2, 0) is 6.42 Å². The fraction of sp³-hybridized carbons (Fsp3) is 0.400. The molecule has 0 unspecified atom stereocenters. The topological polar surface area (TPSA) is 26.0 Å². The largest absolute Gasteiger partial charge is 0.328 e. The molecule has 0 heterocycles. The van der Waals surface area contributed by atoms with Crippen molar-refractivity contribution >= 4 is 15.9 Å². The summed E-state index contributed by atoms with van der Waals surface area (Å²) in [4.78, 5) is 0. The molecule has 0 radical (unpaired) electrons. The molecule has 0 saturated heterocycles. The quantitative estimate of drug-likeness (QED) is 0.845. The van der Waals surface area contributed by atoms with Crippen molar-refractivity contribution in [3.63, 3.8) is 0 Å². The van der Waals surface area contributed by atoms with E-state index in [0.717, 1.165) is 17.3 Å². The van der Waals surface area contributed by atoms with E-state index < -0.39 is 0 Å². The minimum Gasteiger partial charge on any atom is -0.328 e. The molecule has 12 heavy (non-hydrogen) atoms. The Hall–Kier alpha value is -0.340. The summed E-state index contributed by atoms with van der Waals surface area (Å²) < 4.78 is 1.13. The van der Waals surface area contributed by atoms with Crippen LogP contribution < -0.4 is 5.73 Å². The third-order valence-electron chi connectivity index (χ3n) is 1.80. The minimum atomic E-state index is 0.300. The summed E-state index contributed by atoms with van der Waals surface area (Å²) in [5.74, 6) is 0. The van der Waals surface area contributed by atoms with E-state index in [4.69, 9.17) is 5.73 Å².